The van der Waals surface area contributed by atoms with E-state index in [0.717, 1.165) is 16.9 Å². The smallest absolute Gasteiger partial charge is 0.265 e. The molecule has 0 N–H and O–H groups in total. The van der Waals surface area contributed by atoms with Crippen LogP contribution in [0.2, 0.25) is 0 Å². The second kappa shape index (κ2) is 6.97. The first-order valence-corrected chi connectivity index (χ1v) is 8.82. The molecule has 0 saturated heterocycles. The summed E-state index contributed by atoms with van der Waals surface area (Å²) in [5.41, 5.74) is 3.90. The normalized spacial score (nSPS) is 10.6. The molecule has 136 valence electrons. The first-order valence-electron chi connectivity index (χ1n) is 8.82. The summed E-state index contributed by atoms with van der Waals surface area (Å²) in [7, 11) is 0. The van der Waals surface area contributed by atoms with Crippen LogP contribution in [0, 0.1) is 25.2 Å². The summed E-state index contributed by atoms with van der Waals surface area (Å²) < 4.78 is 2.94. The minimum atomic E-state index is -0.422. The summed E-state index contributed by atoms with van der Waals surface area (Å²) in [5, 5.41) is 18.7. The van der Waals surface area contributed by atoms with Gasteiger partial charge in [-0.15, -0.1) is 0 Å². The second-order valence-electron chi connectivity index (χ2n) is 6.44. The Labute approximate surface area is 162 Å². The quantitative estimate of drug-likeness (QED) is 0.550. The zero-order valence-corrected chi connectivity index (χ0v) is 15.5. The largest absolute Gasteiger partial charge is 0.300 e. The molecule has 28 heavy (non-hydrogen) atoms. The Morgan fingerprint density at radius 2 is 1.61 bits per heavy atom. The monoisotopic (exact) mass is 367 g/mol. The average Bonchev–Trinajstić information content (AvgIpc) is 3.28. The number of aromatic nitrogens is 4. The van der Waals surface area contributed by atoms with Gasteiger partial charge in [0.05, 0.1) is 17.1 Å². The van der Waals surface area contributed by atoms with Gasteiger partial charge in [0, 0.05) is 11.3 Å². The Morgan fingerprint density at radius 3 is 2.18 bits per heavy atom. The molecule has 0 unspecified atom stereocenters. The van der Waals surface area contributed by atoms with E-state index in [0.29, 0.717) is 11.4 Å². The number of para-hydroxylation sites is 1. The van der Waals surface area contributed by atoms with Crippen molar-refractivity contribution in [1.29, 1.82) is 5.26 Å². The lowest BCUT2D eigenvalue weighted by Gasteiger charge is -2.07. The van der Waals surface area contributed by atoms with Crippen LogP contribution < -0.4 is 0 Å². The van der Waals surface area contributed by atoms with Gasteiger partial charge in [-0.05, 0) is 32.0 Å². The van der Waals surface area contributed by atoms with Gasteiger partial charge in [-0.2, -0.15) is 20.1 Å². The van der Waals surface area contributed by atoms with Crippen molar-refractivity contribution in [3.8, 4) is 23.0 Å². The van der Waals surface area contributed by atoms with Gasteiger partial charge in [-0.1, -0.05) is 48.5 Å². The van der Waals surface area contributed by atoms with E-state index in [1.54, 1.807) is 11.6 Å². The molecular formula is C22H17N5O. The predicted octanol–water partition coefficient (Wildman–Crippen LogP) is 3.91. The number of carbonyl (C=O) groups is 1. The van der Waals surface area contributed by atoms with Crippen molar-refractivity contribution < 1.29 is 4.79 Å². The molecule has 0 aliphatic heterocycles. The minimum Gasteiger partial charge on any atom is -0.265 e. The number of benzene rings is 2. The zero-order chi connectivity index (χ0) is 19.7. The van der Waals surface area contributed by atoms with Crippen molar-refractivity contribution in [2.75, 3.05) is 0 Å². The molecule has 0 aliphatic rings. The first kappa shape index (κ1) is 17.4. The Kier molecular flexibility index (Phi) is 4.34. The molecule has 0 atom stereocenters. The van der Waals surface area contributed by atoms with Gasteiger partial charge in [0.15, 0.2) is 5.69 Å². The van der Waals surface area contributed by atoms with Gasteiger partial charge in [-0.3, -0.25) is 4.79 Å². The number of nitrogens with zero attached hydrogens (tertiary/aromatic N) is 5. The van der Waals surface area contributed by atoms with Gasteiger partial charge in [0.1, 0.15) is 11.6 Å². The van der Waals surface area contributed by atoms with Crippen molar-refractivity contribution in [2.24, 2.45) is 0 Å². The van der Waals surface area contributed by atoms with Crippen LogP contribution in [-0.4, -0.2) is 25.5 Å². The van der Waals surface area contributed by atoms with Crippen LogP contribution in [0.25, 0.3) is 16.9 Å². The summed E-state index contributed by atoms with van der Waals surface area (Å²) in [6, 6.07) is 22.9. The van der Waals surface area contributed by atoms with Crippen molar-refractivity contribution in [3.63, 3.8) is 0 Å². The van der Waals surface area contributed by atoms with Crippen LogP contribution in [0.15, 0.2) is 66.7 Å². The lowest BCUT2D eigenvalue weighted by molar-refractivity contribution is 0.0936. The maximum absolute atomic E-state index is 13.2. The highest BCUT2D eigenvalue weighted by Gasteiger charge is 2.27. The highest BCUT2D eigenvalue weighted by Crippen LogP contribution is 2.29. The van der Waals surface area contributed by atoms with E-state index in [2.05, 4.69) is 16.3 Å². The minimum absolute atomic E-state index is 0.0800. The van der Waals surface area contributed by atoms with E-state index in [9.17, 15) is 10.1 Å². The summed E-state index contributed by atoms with van der Waals surface area (Å²) in [4.78, 5) is 13.2. The van der Waals surface area contributed by atoms with Crippen molar-refractivity contribution >= 4 is 5.91 Å². The van der Waals surface area contributed by atoms with E-state index in [1.165, 1.54) is 4.68 Å². The highest BCUT2D eigenvalue weighted by atomic mass is 16.2. The molecule has 0 spiro atoms. The zero-order valence-electron chi connectivity index (χ0n) is 15.5. The molecule has 0 aliphatic carbocycles. The number of aryl methyl sites for hydroxylation is 2. The Bertz CT molecular complexity index is 1200. The predicted molar refractivity (Wildman–Crippen MR) is 105 cm³/mol. The third-order valence-corrected chi connectivity index (χ3v) is 4.45. The van der Waals surface area contributed by atoms with Crippen molar-refractivity contribution in [2.45, 2.75) is 13.8 Å². The summed E-state index contributed by atoms with van der Waals surface area (Å²) in [6.07, 6.45) is 0. The Hall–Kier alpha value is -3.98. The maximum Gasteiger partial charge on any atom is 0.300 e. The standard InChI is InChI=1S/C22H17N5O/c1-15-13-16(2)26(24-15)22(28)20-19(14-23)21(17-9-5-3-6-10-17)27(25-20)18-11-7-4-8-12-18/h3-13H,1-2H3. The Balaban J connectivity index is 1.99. The number of nitriles is 1. The molecule has 0 amide bonds. The third-order valence-electron chi connectivity index (χ3n) is 4.45. The van der Waals surface area contributed by atoms with Crippen LogP contribution in [0.1, 0.15) is 27.4 Å². The number of rotatable bonds is 3. The van der Waals surface area contributed by atoms with Gasteiger partial charge < -0.3 is 0 Å². The molecule has 0 radical (unpaired) electrons. The van der Waals surface area contributed by atoms with Gasteiger partial charge in [-0.25, -0.2) is 4.68 Å². The van der Waals surface area contributed by atoms with Crippen LogP contribution >= 0.6 is 0 Å². The molecule has 6 heteroatoms. The summed E-state index contributed by atoms with van der Waals surface area (Å²) in [6.45, 7) is 3.62. The topological polar surface area (TPSA) is 76.5 Å². The molecule has 2 aromatic carbocycles. The van der Waals surface area contributed by atoms with E-state index in [4.69, 9.17) is 0 Å². The van der Waals surface area contributed by atoms with Crippen LogP contribution in [0.4, 0.5) is 0 Å². The fraction of sp³-hybridized carbons (Fsp3) is 0.0909. The van der Waals surface area contributed by atoms with Crippen LogP contribution in [0.3, 0.4) is 0 Å². The molecule has 0 saturated carbocycles. The second-order valence-corrected chi connectivity index (χ2v) is 6.44. The number of hydrogen-bond acceptors (Lipinski definition) is 4. The average molecular weight is 367 g/mol. The fourth-order valence-corrected chi connectivity index (χ4v) is 3.23. The molecule has 4 aromatic rings. The van der Waals surface area contributed by atoms with Crippen molar-refractivity contribution in [3.05, 3.63) is 89.4 Å². The SMILES string of the molecule is Cc1cc(C)n(C(=O)c2nn(-c3ccccc3)c(-c3ccccc3)c2C#N)n1. The van der Waals surface area contributed by atoms with E-state index >= 15 is 0 Å². The van der Waals surface area contributed by atoms with Crippen molar-refractivity contribution in [1.82, 2.24) is 19.6 Å². The molecule has 2 heterocycles. The van der Waals surface area contributed by atoms with Crippen LogP contribution in [0.5, 0.6) is 0 Å². The van der Waals surface area contributed by atoms with Gasteiger partial charge in [0.2, 0.25) is 0 Å². The summed E-state index contributed by atoms with van der Waals surface area (Å²) in [5.74, 6) is -0.422. The van der Waals surface area contributed by atoms with Gasteiger partial charge in [0.25, 0.3) is 5.91 Å². The number of hydrogen-bond donors (Lipinski definition) is 0. The number of carbonyl (C=O) groups excluding carboxylic acids is 1. The third kappa shape index (κ3) is 2.89. The van der Waals surface area contributed by atoms with E-state index < -0.39 is 5.91 Å². The van der Waals surface area contributed by atoms with Crippen LogP contribution in [-0.2, 0) is 0 Å². The summed E-state index contributed by atoms with van der Waals surface area (Å²) >= 11 is 0. The maximum atomic E-state index is 13.2. The first-order chi connectivity index (χ1) is 13.6. The lowest BCUT2D eigenvalue weighted by Crippen LogP contribution is -2.17. The lowest BCUT2D eigenvalue weighted by atomic mass is 10.1. The molecule has 2 aromatic heterocycles. The van der Waals surface area contributed by atoms with E-state index in [1.807, 2.05) is 73.7 Å². The molecule has 4 rings (SSSR count). The molecule has 0 fully saturated rings. The fourth-order valence-electron chi connectivity index (χ4n) is 3.23. The van der Waals surface area contributed by atoms with E-state index in [-0.39, 0.29) is 11.3 Å². The molecule has 6 nitrogen and oxygen atoms in total. The highest BCUT2D eigenvalue weighted by molar-refractivity contribution is 5.98. The molecular weight excluding hydrogens is 350 g/mol. The Morgan fingerprint density at radius 1 is 0.964 bits per heavy atom. The van der Waals surface area contributed by atoms with Gasteiger partial charge >= 0.3 is 0 Å². The molecule has 0 bridgehead atoms.